The summed E-state index contributed by atoms with van der Waals surface area (Å²) in [4.78, 5) is 29.4. The van der Waals surface area contributed by atoms with Crippen LogP contribution in [-0.2, 0) is 16.1 Å². The lowest BCUT2D eigenvalue weighted by atomic mass is 10.1. The molecule has 4 rings (SSSR count). The van der Waals surface area contributed by atoms with Crippen molar-refractivity contribution < 1.29 is 14.3 Å². The summed E-state index contributed by atoms with van der Waals surface area (Å²) < 4.78 is 7.34. The summed E-state index contributed by atoms with van der Waals surface area (Å²) in [7, 11) is 0. The quantitative estimate of drug-likeness (QED) is 0.495. The first-order valence-electron chi connectivity index (χ1n) is 11.4. The molecule has 1 aliphatic heterocycles. The Kier molecular flexibility index (Phi) is 7.28. The van der Waals surface area contributed by atoms with Crippen molar-refractivity contribution in [2.45, 2.75) is 32.2 Å². The van der Waals surface area contributed by atoms with Gasteiger partial charge in [-0.05, 0) is 38.0 Å². The maximum atomic E-state index is 12.9. The molecule has 1 aliphatic rings. The highest BCUT2D eigenvalue weighted by Gasteiger charge is 2.25. The Bertz CT molecular complexity index is 1150. The van der Waals surface area contributed by atoms with Gasteiger partial charge in [0.05, 0.1) is 12.4 Å². The van der Waals surface area contributed by atoms with E-state index in [1.54, 1.807) is 23.6 Å². The van der Waals surface area contributed by atoms with E-state index in [-0.39, 0.29) is 12.0 Å². The minimum Gasteiger partial charge on any atom is -0.450 e. The van der Waals surface area contributed by atoms with Gasteiger partial charge in [-0.3, -0.25) is 4.79 Å². The number of nitrogens with zero attached hydrogens (tertiary/aromatic N) is 3. The second-order valence-corrected chi connectivity index (χ2v) is 9.44. The highest BCUT2D eigenvalue weighted by atomic mass is 32.2. The van der Waals surface area contributed by atoms with Crippen LogP contribution >= 0.6 is 11.8 Å². The summed E-state index contributed by atoms with van der Waals surface area (Å²) in [5.41, 5.74) is 5.03. The molecule has 3 aromatic rings. The number of aryl methyl sites for hydroxylation is 2. The van der Waals surface area contributed by atoms with E-state index in [4.69, 9.17) is 4.74 Å². The van der Waals surface area contributed by atoms with E-state index in [1.807, 2.05) is 11.0 Å². The fourth-order valence-electron chi connectivity index (χ4n) is 4.20. The molecule has 2 aromatic carbocycles. The van der Waals surface area contributed by atoms with Crippen LogP contribution in [-0.4, -0.2) is 64.9 Å². The maximum absolute atomic E-state index is 12.9. The molecule has 174 valence electrons. The summed E-state index contributed by atoms with van der Waals surface area (Å²) in [6, 6.07) is 14.9. The molecule has 1 fully saturated rings. The summed E-state index contributed by atoms with van der Waals surface area (Å²) in [5.74, 6) is 0.492. The molecule has 6 nitrogen and oxygen atoms in total. The van der Waals surface area contributed by atoms with E-state index in [1.165, 1.54) is 27.6 Å². The molecule has 33 heavy (non-hydrogen) atoms. The number of rotatable bonds is 6. The van der Waals surface area contributed by atoms with Gasteiger partial charge in [0.25, 0.3) is 0 Å². The van der Waals surface area contributed by atoms with Crippen molar-refractivity contribution in [2.24, 2.45) is 0 Å². The number of aromatic nitrogens is 1. The minimum absolute atomic E-state index is 0.106. The number of thioether (sulfide) groups is 1. The highest BCUT2D eigenvalue weighted by molar-refractivity contribution is 8.00. The number of carbonyl (C=O) groups is 2. The summed E-state index contributed by atoms with van der Waals surface area (Å²) in [6.45, 7) is 9.37. The van der Waals surface area contributed by atoms with Crippen LogP contribution in [0.4, 0.5) is 4.79 Å². The van der Waals surface area contributed by atoms with Gasteiger partial charge in [0, 0.05) is 54.7 Å². The molecule has 0 radical (unpaired) electrons. The molecular formula is C26H31N3O3S. The van der Waals surface area contributed by atoms with E-state index < -0.39 is 0 Å². The van der Waals surface area contributed by atoms with Gasteiger partial charge in [-0.1, -0.05) is 42.0 Å². The summed E-state index contributed by atoms with van der Waals surface area (Å²) in [6.07, 6.45) is 1.87. The molecule has 0 saturated carbocycles. The molecule has 0 aliphatic carbocycles. The topological polar surface area (TPSA) is 54.8 Å². The van der Waals surface area contributed by atoms with Crippen LogP contribution in [0.15, 0.2) is 53.6 Å². The lowest BCUT2D eigenvalue weighted by Gasteiger charge is -2.34. The van der Waals surface area contributed by atoms with Crippen molar-refractivity contribution >= 4 is 34.7 Å². The number of hydrogen-bond acceptors (Lipinski definition) is 4. The third-order valence-corrected chi connectivity index (χ3v) is 7.13. The van der Waals surface area contributed by atoms with Crippen LogP contribution in [0.2, 0.25) is 0 Å². The highest BCUT2D eigenvalue weighted by Crippen LogP contribution is 2.31. The van der Waals surface area contributed by atoms with Crippen molar-refractivity contribution in [3.05, 3.63) is 65.4 Å². The molecule has 0 spiro atoms. The normalized spacial score (nSPS) is 14.0. The van der Waals surface area contributed by atoms with Crippen LogP contribution in [0.1, 0.15) is 23.6 Å². The van der Waals surface area contributed by atoms with Gasteiger partial charge >= 0.3 is 6.09 Å². The lowest BCUT2D eigenvalue weighted by Crippen LogP contribution is -2.51. The van der Waals surface area contributed by atoms with Gasteiger partial charge < -0.3 is 19.1 Å². The predicted molar refractivity (Wildman–Crippen MR) is 133 cm³/mol. The number of piperazine rings is 1. The molecule has 0 bridgehead atoms. The van der Waals surface area contributed by atoms with Gasteiger partial charge in [-0.2, -0.15) is 0 Å². The van der Waals surface area contributed by atoms with Crippen LogP contribution < -0.4 is 0 Å². The van der Waals surface area contributed by atoms with E-state index in [0.29, 0.717) is 38.5 Å². The largest absolute Gasteiger partial charge is 0.450 e. The average molecular weight is 466 g/mol. The van der Waals surface area contributed by atoms with E-state index >= 15 is 0 Å². The molecule has 1 aromatic heterocycles. The van der Waals surface area contributed by atoms with Crippen molar-refractivity contribution in [3.63, 3.8) is 0 Å². The first kappa shape index (κ1) is 23.2. The molecule has 2 amide bonds. The number of ether oxygens (including phenoxy) is 1. The Balaban J connectivity index is 1.43. The van der Waals surface area contributed by atoms with Gasteiger partial charge in [0.1, 0.15) is 0 Å². The number of hydrogen-bond donors (Lipinski definition) is 0. The second-order valence-electron chi connectivity index (χ2n) is 8.42. The fourth-order valence-corrected chi connectivity index (χ4v) is 5.19. The van der Waals surface area contributed by atoms with Crippen molar-refractivity contribution in [1.29, 1.82) is 0 Å². The molecule has 0 unspecified atom stereocenters. The Morgan fingerprint density at radius 3 is 2.48 bits per heavy atom. The number of carbonyl (C=O) groups excluding carboxylic acids is 2. The lowest BCUT2D eigenvalue weighted by molar-refractivity contribution is -0.129. The maximum Gasteiger partial charge on any atom is 0.409 e. The average Bonchev–Trinajstić information content (AvgIpc) is 3.17. The van der Waals surface area contributed by atoms with Crippen LogP contribution in [0.3, 0.4) is 0 Å². The monoisotopic (exact) mass is 465 g/mol. The standard InChI is InChI=1S/C26H31N3O3S/c1-4-32-26(31)28-13-11-27(12-14-28)25(30)18-33-24-17-29(23-8-6-5-7-22(23)24)16-21-15-19(2)9-10-20(21)3/h5-10,15,17H,4,11-14,16,18H2,1-3H3. The Morgan fingerprint density at radius 2 is 1.73 bits per heavy atom. The number of para-hydroxylation sites is 1. The minimum atomic E-state index is -0.296. The third-order valence-electron chi connectivity index (χ3n) is 6.11. The predicted octanol–water partition coefficient (Wildman–Crippen LogP) is 4.70. The van der Waals surface area contributed by atoms with Crippen LogP contribution in [0.25, 0.3) is 10.9 Å². The van der Waals surface area contributed by atoms with E-state index in [0.717, 1.165) is 11.4 Å². The molecule has 7 heteroatoms. The van der Waals surface area contributed by atoms with Gasteiger partial charge in [0.15, 0.2) is 0 Å². The third kappa shape index (κ3) is 5.36. The van der Waals surface area contributed by atoms with Crippen LogP contribution in [0.5, 0.6) is 0 Å². The molecule has 2 heterocycles. The van der Waals surface area contributed by atoms with E-state index in [2.05, 4.69) is 61.0 Å². The van der Waals surface area contributed by atoms with Crippen LogP contribution in [0, 0.1) is 13.8 Å². The smallest absolute Gasteiger partial charge is 0.409 e. The van der Waals surface area contributed by atoms with Gasteiger partial charge in [-0.15, -0.1) is 11.8 Å². The summed E-state index contributed by atoms with van der Waals surface area (Å²) in [5, 5.41) is 1.17. The fraction of sp³-hybridized carbons (Fsp3) is 0.385. The Hall–Kier alpha value is -2.93. The zero-order chi connectivity index (χ0) is 23.4. The molecule has 0 N–H and O–H groups in total. The number of amides is 2. The molecule has 0 atom stereocenters. The summed E-state index contributed by atoms with van der Waals surface area (Å²) >= 11 is 1.59. The molecular weight excluding hydrogens is 434 g/mol. The number of fused-ring (bicyclic) bond motifs is 1. The Morgan fingerprint density at radius 1 is 1.00 bits per heavy atom. The van der Waals surface area contributed by atoms with Crippen molar-refractivity contribution in [1.82, 2.24) is 14.4 Å². The molecule has 1 saturated heterocycles. The Labute approximate surface area is 199 Å². The number of benzene rings is 2. The van der Waals surface area contributed by atoms with E-state index in [9.17, 15) is 9.59 Å². The van der Waals surface area contributed by atoms with Gasteiger partial charge in [0.2, 0.25) is 5.91 Å². The van der Waals surface area contributed by atoms with Crippen molar-refractivity contribution in [3.8, 4) is 0 Å². The zero-order valence-corrected chi connectivity index (χ0v) is 20.4. The SMILES string of the molecule is CCOC(=O)N1CCN(C(=O)CSc2cn(Cc3cc(C)ccc3C)c3ccccc23)CC1. The second kappa shape index (κ2) is 10.3. The first-order valence-corrected chi connectivity index (χ1v) is 12.4. The van der Waals surface area contributed by atoms with Gasteiger partial charge in [-0.25, -0.2) is 4.79 Å². The van der Waals surface area contributed by atoms with Crippen molar-refractivity contribution in [2.75, 3.05) is 38.5 Å². The first-order chi connectivity index (χ1) is 16.0. The zero-order valence-electron chi connectivity index (χ0n) is 19.5.